The summed E-state index contributed by atoms with van der Waals surface area (Å²) in [6.07, 6.45) is 0. The molecule has 1 aromatic carbocycles. The monoisotopic (exact) mass is 192 g/mol. The fourth-order valence-electron chi connectivity index (χ4n) is 1.49. The number of nitrogens with one attached hydrogen (secondary N) is 1. The van der Waals surface area contributed by atoms with Crippen molar-refractivity contribution in [2.75, 3.05) is 13.1 Å². The van der Waals surface area contributed by atoms with Crippen molar-refractivity contribution in [2.24, 2.45) is 0 Å². The number of rotatable bonds is 1. The second kappa shape index (κ2) is 3.37. The van der Waals surface area contributed by atoms with E-state index in [-0.39, 0.29) is 0 Å². The molecule has 1 heterocycles. The number of hydrogen-bond donors (Lipinski definition) is 1. The Morgan fingerprint density at radius 1 is 1.46 bits per heavy atom. The van der Waals surface area contributed by atoms with E-state index in [1.54, 1.807) is 6.07 Å². The van der Waals surface area contributed by atoms with Crippen molar-refractivity contribution >= 4 is 11.6 Å². The number of nitrogens with zero attached hydrogens (tertiary/aromatic N) is 1. The molecule has 2 nitrogen and oxygen atoms in total. The molecule has 0 aliphatic carbocycles. The zero-order valence-electron chi connectivity index (χ0n) is 7.05. The lowest BCUT2D eigenvalue weighted by molar-refractivity contribution is 0.448. The third kappa shape index (κ3) is 1.53. The van der Waals surface area contributed by atoms with Gasteiger partial charge < -0.3 is 5.32 Å². The molecule has 1 aromatic rings. The lowest BCUT2D eigenvalue weighted by atomic mass is 9.90. The average Bonchev–Trinajstić information content (AvgIpc) is 2.05. The Balaban J connectivity index is 2.39. The highest BCUT2D eigenvalue weighted by atomic mass is 35.5. The molecule has 2 rings (SSSR count). The average molecular weight is 193 g/mol. The Hall–Kier alpha value is -1.04. The van der Waals surface area contributed by atoms with Crippen molar-refractivity contribution in [3.8, 4) is 6.07 Å². The zero-order chi connectivity index (χ0) is 9.26. The maximum Gasteiger partial charge on any atom is 0.0995 e. The smallest absolute Gasteiger partial charge is 0.0995 e. The molecule has 0 amide bonds. The van der Waals surface area contributed by atoms with Crippen LogP contribution in [0.4, 0.5) is 0 Å². The summed E-state index contributed by atoms with van der Waals surface area (Å²) in [5.41, 5.74) is 1.82. The van der Waals surface area contributed by atoms with Crippen molar-refractivity contribution in [3.05, 3.63) is 34.3 Å². The van der Waals surface area contributed by atoms with Crippen LogP contribution in [0, 0.1) is 11.3 Å². The minimum absolute atomic E-state index is 0.493. The van der Waals surface area contributed by atoms with Gasteiger partial charge in [0.15, 0.2) is 0 Å². The molecule has 0 aromatic heterocycles. The normalized spacial score (nSPS) is 16.3. The summed E-state index contributed by atoms with van der Waals surface area (Å²) in [5.74, 6) is 0.493. The second-order valence-corrected chi connectivity index (χ2v) is 3.63. The van der Waals surface area contributed by atoms with Gasteiger partial charge in [-0.15, -0.1) is 0 Å². The Labute approximate surface area is 82.1 Å². The van der Waals surface area contributed by atoms with Gasteiger partial charge >= 0.3 is 0 Å². The van der Waals surface area contributed by atoms with Crippen LogP contribution in [0.3, 0.4) is 0 Å². The maximum absolute atomic E-state index is 8.88. The number of benzene rings is 1. The highest BCUT2D eigenvalue weighted by Gasteiger charge is 2.21. The van der Waals surface area contributed by atoms with Crippen molar-refractivity contribution < 1.29 is 0 Å². The molecule has 0 radical (unpaired) electrons. The molecular weight excluding hydrogens is 184 g/mol. The van der Waals surface area contributed by atoms with Gasteiger partial charge in [-0.25, -0.2) is 0 Å². The molecule has 1 saturated heterocycles. The van der Waals surface area contributed by atoms with Crippen molar-refractivity contribution in [1.82, 2.24) is 5.32 Å². The van der Waals surface area contributed by atoms with E-state index in [0.717, 1.165) is 18.7 Å². The van der Waals surface area contributed by atoms with Gasteiger partial charge in [0.2, 0.25) is 0 Å². The standard InChI is InChI=1S/C10H9ClN2/c11-9-1-2-10(7(3-9)4-12)8-5-13-6-8/h1-3,8,13H,5-6H2. The van der Waals surface area contributed by atoms with E-state index >= 15 is 0 Å². The highest BCUT2D eigenvalue weighted by molar-refractivity contribution is 6.30. The zero-order valence-corrected chi connectivity index (χ0v) is 7.80. The van der Waals surface area contributed by atoms with E-state index in [4.69, 9.17) is 16.9 Å². The molecule has 13 heavy (non-hydrogen) atoms. The summed E-state index contributed by atoms with van der Waals surface area (Å²) in [6, 6.07) is 7.70. The van der Waals surface area contributed by atoms with Gasteiger partial charge in [0, 0.05) is 24.0 Å². The first-order valence-corrected chi connectivity index (χ1v) is 4.59. The molecule has 1 aliphatic rings. The SMILES string of the molecule is N#Cc1cc(Cl)ccc1C1CNC1. The summed E-state index contributed by atoms with van der Waals surface area (Å²) in [6.45, 7) is 1.94. The molecule has 1 aliphatic heterocycles. The van der Waals surface area contributed by atoms with Crippen LogP contribution in [-0.4, -0.2) is 13.1 Å². The lowest BCUT2D eigenvalue weighted by Crippen LogP contribution is -2.40. The maximum atomic E-state index is 8.88. The van der Waals surface area contributed by atoms with Crippen molar-refractivity contribution in [2.45, 2.75) is 5.92 Å². The van der Waals surface area contributed by atoms with Crippen LogP contribution >= 0.6 is 11.6 Å². The van der Waals surface area contributed by atoms with E-state index in [0.29, 0.717) is 16.5 Å². The first-order chi connectivity index (χ1) is 6.31. The molecule has 3 heteroatoms. The molecule has 0 spiro atoms. The summed E-state index contributed by atoms with van der Waals surface area (Å²) < 4.78 is 0. The van der Waals surface area contributed by atoms with E-state index < -0.39 is 0 Å². The molecule has 1 N–H and O–H groups in total. The van der Waals surface area contributed by atoms with E-state index in [2.05, 4.69) is 11.4 Å². The third-order valence-corrected chi connectivity index (χ3v) is 2.59. The topological polar surface area (TPSA) is 35.8 Å². The highest BCUT2D eigenvalue weighted by Crippen LogP contribution is 2.25. The number of halogens is 1. The largest absolute Gasteiger partial charge is 0.315 e. The molecule has 0 atom stereocenters. The molecule has 1 fully saturated rings. The molecule has 0 bridgehead atoms. The lowest BCUT2D eigenvalue weighted by Gasteiger charge is -2.28. The van der Waals surface area contributed by atoms with E-state index in [1.807, 2.05) is 12.1 Å². The molecule has 0 unspecified atom stereocenters. The Morgan fingerprint density at radius 3 is 2.77 bits per heavy atom. The van der Waals surface area contributed by atoms with E-state index in [1.165, 1.54) is 0 Å². The van der Waals surface area contributed by atoms with Crippen LogP contribution in [0.1, 0.15) is 17.0 Å². The minimum Gasteiger partial charge on any atom is -0.315 e. The second-order valence-electron chi connectivity index (χ2n) is 3.20. The third-order valence-electron chi connectivity index (χ3n) is 2.36. The Bertz CT molecular complexity index is 364. The number of hydrogen-bond acceptors (Lipinski definition) is 2. The molecular formula is C10H9ClN2. The molecule has 0 saturated carbocycles. The van der Waals surface area contributed by atoms with Gasteiger partial charge in [0.05, 0.1) is 11.6 Å². The van der Waals surface area contributed by atoms with Gasteiger partial charge in [0.25, 0.3) is 0 Å². The van der Waals surface area contributed by atoms with Crippen LogP contribution in [-0.2, 0) is 0 Å². The van der Waals surface area contributed by atoms with Gasteiger partial charge in [-0.2, -0.15) is 5.26 Å². The number of nitriles is 1. The van der Waals surface area contributed by atoms with Crippen LogP contribution < -0.4 is 5.32 Å². The van der Waals surface area contributed by atoms with Gasteiger partial charge in [0.1, 0.15) is 0 Å². The predicted molar refractivity (Wildman–Crippen MR) is 51.8 cm³/mol. The van der Waals surface area contributed by atoms with Gasteiger partial charge in [-0.1, -0.05) is 17.7 Å². The predicted octanol–water partition coefficient (Wildman–Crippen LogP) is 1.90. The van der Waals surface area contributed by atoms with Crippen molar-refractivity contribution in [1.29, 1.82) is 5.26 Å². The first kappa shape index (κ1) is 8.55. The van der Waals surface area contributed by atoms with Crippen LogP contribution in [0.2, 0.25) is 5.02 Å². The van der Waals surface area contributed by atoms with E-state index in [9.17, 15) is 0 Å². The van der Waals surface area contributed by atoms with Crippen LogP contribution in [0.25, 0.3) is 0 Å². The Morgan fingerprint density at radius 2 is 2.23 bits per heavy atom. The quantitative estimate of drug-likeness (QED) is 0.738. The summed E-state index contributed by atoms with van der Waals surface area (Å²) in [7, 11) is 0. The minimum atomic E-state index is 0.493. The van der Waals surface area contributed by atoms with Crippen LogP contribution in [0.15, 0.2) is 18.2 Å². The Kier molecular flexibility index (Phi) is 2.22. The van der Waals surface area contributed by atoms with Gasteiger partial charge in [-0.05, 0) is 17.7 Å². The summed E-state index contributed by atoms with van der Waals surface area (Å²) in [5, 5.41) is 12.7. The fraction of sp³-hybridized carbons (Fsp3) is 0.300. The first-order valence-electron chi connectivity index (χ1n) is 4.21. The summed E-state index contributed by atoms with van der Waals surface area (Å²) in [4.78, 5) is 0. The van der Waals surface area contributed by atoms with Gasteiger partial charge in [-0.3, -0.25) is 0 Å². The van der Waals surface area contributed by atoms with Crippen molar-refractivity contribution in [3.63, 3.8) is 0 Å². The summed E-state index contributed by atoms with van der Waals surface area (Å²) >= 11 is 5.79. The van der Waals surface area contributed by atoms with Crippen LogP contribution in [0.5, 0.6) is 0 Å². The fourth-order valence-corrected chi connectivity index (χ4v) is 1.66. The molecule has 66 valence electrons.